The Morgan fingerprint density at radius 3 is 2.75 bits per heavy atom. The highest BCUT2D eigenvalue weighted by atomic mass is 16.5. The predicted octanol–water partition coefficient (Wildman–Crippen LogP) is 2.02. The first-order valence-corrected chi connectivity index (χ1v) is 4.97. The van der Waals surface area contributed by atoms with E-state index in [1.54, 1.807) is 6.07 Å². The van der Waals surface area contributed by atoms with Gasteiger partial charge in [-0.05, 0) is 12.1 Å². The quantitative estimate of drug-likeness (QED) is 0.651. The molecule has 2 N–H and O–H groups in total. The Hall–Kier alpha value is -2.23. The highest BCUT2D eigenvalue weighted by Crippen LogP contribution is 2.24. The number of nitrogens with one attached hydrogen (secondary N) is 2. The minimum Gasteiger partial charge on any atom is -0.491 e. The van der Waals surface area contributed by atoms with Crippen LogP contribution >= 0.6 is 0 Å². The number of benzene rings is 1. The zero-order chi connectivity index (χ0) is 11.1. The number of hydrogen-bond acceptors (Lipinski definition) is 2. The van der Waals surface area contributed by atoms with Gasteiger partial charge in [-0.25, -0.2) is 0 Å². The molecule has 0 spiro atoms. The molecule has 2 heterocycles. The van der Waals surface area contributed by atoms with Gasteiger partial charge in [-0.15, -0.1) is 0 Å². The number of ether oxygens (including phenoxy) is 1. The minimum absolute atomic E-state index is 0.221. The number of aromatic amines is 2. The molecule has 0 bridgehead atoms. The summed E-state index contributed by atoms with van der Waals surface area (Å²) in [6, 6.07) is 9.65. The molecule has 0 aliphatic carbocycles. The number of fused-ring (bicyclic) bond motifs is 3. The Kier molecular flexibility index (Phi) is 1.77. The lowest BCUT2D eigenvalue weighted by molar-refractivity contribution is 0.409. The summed E-state index contributed by atoms with van der Waals surface area (Å²) in [4.78, 5) is 17.5. The van der Waals surface area contributed by atoms with Crippen molar-refractivity contribution in [2.24, 2.45) is 0 Å². The molecule has 80 valence electrons. The van der Waals surface area contributed by atoms with Gasteiger partial charge in [-0.2, -0.15) is 0 Å². The van der Waals surface area contributed by atoms with Crippen LogP contribution < -0.4 is 10.3 Å². The molecule has 0 atom stereocenters. The maximum absolute atomic E-state index is 11.5. The van der Waals surface area contributed by atoms with Crippen molar-refractivity contribution >= 4 is 21.9 Å². The fourth-order valence-electron chi connectivity index (χ4n) is 1.94. The van der Waals surface area contributed by atoms with E-state index in [4.69, 9.17) is 4.74 Å². The van der Waals surface area contributed by atoms with E-state index in [0.717, 1.165) is 21.9 Å². The molecule has 0 unspecified atom stereocenters. The van der Waals surface area contributed by atoms with E-state index in [2.05, 4.69) is 9.97 Å². The minimum atomic E-state index is -0.221. The van der Waals surface area contributed by atoms with Crippen molar-refractivity contribution in [3.05, 3.63) is 40.7 Å². The van der Waals surface area contributed by atoms with Crippen molar-refractivity contribution in [2.75, 3.05) is 7.11 Å². The first kappa shape index (κ1) is 9.03. The van der Waals surface area contributed by atoms with Gasteiger partial charge in [0, 0.05) is 16.3 Å². The molecule has 4 nitrogen and oxygen atoms in total. The van der Waals surface area contributed by atoms with Gasteiger partial charge in [0.2, 0.25) is 0 Å². The first-order chi connectivity index (χ1) is 7.79. The zero-order valence-electron chi connectivity index (χ0n) is 8.70. The van der Waals surface area contributed by atoms with Crippen LogP contribution in [0, 0.1) is 0 Å². The van der Waals surface area contributed by atoms with Crippen LogP contribution in [0.3, 0.4) is 0 Å². The lowest BCUT2D eigenvalue weighted by Crippen LogP contribution is -2.08. The van der Waals surface area contributed by atoms with Crippen LogP contribution in [-0.4, -0.2) is 17.1 Å². The molecule has 0 saturated heterocycles. The average molecular weight is 214 g/mol. The Balaban J connectivity index is 2.52. The van der Waals surface area contributed by atoms with Crippen LogP contribution in [0.2, 0.25) is 0 Å². The van der Waals surface area contributed by atoms with Gasteiger partial charge in [0.1, 0.15) is 5.65 Å². The van der Waals surface area contributed by atoms with Gasteiger partial charge in [-0.1, -0.05) is 18.2 Å². The van der Waals surface area contributed by atoms with Crippen molar-refractivity contribution in [1.82, 2.24) is 9.97 Å². The van der Waals surface area contributed by atoms with Gasteiger partial charge in [-0.3, -0.25) is 4.79 Å². The van der Waals surface area contributed by atoms with Gasteiger partial charge in [0.25, 0.3) is 5.56 Å². The molecule has 3 rings (SSSR count). The molecule has 0 saturated carbocycles. The van der Waals surface area contributed by atoms with Crippen molar-refractivity contribution < 1.29 is 4.74 Å². The summed E-state index contributed by atoms with van der Waals surface area (Å²) in [6.07, 6.45) is 0. The van der Waals surface area contributed by atoms with Crippen molar-refractivity contribution in [1.29, 1.82) is 0 Å². The highest BCUT2D eigenvalue weighted by molar-refractivity contribution is 6.06. The summed E-state index contributed by atoms with van der Waals surface area (Å²) in [7, 11) is 1.49. The fourth-order valence-corrected chi connectivity index (χ4v) is 1.94. The molecule has 0 fully saturated rings. The number of aromatic nitrogens is 2. The van der Waals surface area contributed by atoms with Crippen LogP contribution in [0.4, 0.5) is 0 Å². The van der Waals surface area contributed by atoms with Crippen LogP contribution in [0.25, 0.3) is 21.9 Å². The Labute approximate surface area is 90.9 Å². The smallest absolute Gasteiger partial charge is 0.291 e. The third-order valence-electron chi connectivity index (χ3n) is 2.70. The molecule has 3 aromatic rings. The number of para-hydroxylation sites is 1. The predicted molar refractivity (Wildman–Crippen MR) is 63.0 cm³/mol. The maximum atomic E-state index is 11.5. The van der Waals surface area contributed by atoms with Crippen molar-refractivity contribution in [2.45, 2.75) is 0 Å². The van der Waals surface area contributed by atoms with Gasteiger partial charge in [0.05, 0.1) is 7.11 Å². The average Bonchev–Trinajstić information content (AvgIpc) is 2.65. The zero-order valence-corrected chi connectivity index (χ0v) is 8.70. The SMILES string of the molecule is COc1cc2c([nH]c1=O)[nH]c1ccccc12. The third kappa shape index (κ3) is 1.13. The topological polar surface area (TPSA) is 57.9 Å². The lowest BCUT2D eigenvalue weighted by Gasteiger charge is -1.97. The van der Waals surface area contributed by atoms with E-state index < -0.39 is 0 Å². The van der Waals surface area contributed by atoms with E-state index in [1.165, 1.54) is 7.11 Å². The van der Waals surface area contributed by atoms with Crippen LogP contribution in [0.1, 0.15) is 0 Å². The maximum Gasteiger partial charge on any atom is 0.291 e. The van der Waals surface area contributed by atoms with Crippen molar-refractivity contribution in [3.63, 3.8) is 0 Å². The summed E-state index contributed by atoms with van der Waals surface area (Å²) in [6.45, 7) is 0. The third-order valence-corrected chi connectivity index (χ3v) is 2.70. The standard InChI is InChI=1S/C12H10N2O2/c1-16-10-6-8-7-4-2-3-5-9(7)13-11(8)14-12(10)15/h2-6H,1H3,(H2,13,14,15). The van der Waals surface area contributed by atoms with Crippen LogP contribution in [-0.2, 0) is 0 Å². The second kappa shape index (κ2) is 3.13. The lowest BCUT2D eigenvalue weighted by atomic mass is 10.2. The monoisotopic (exact) mass is 214 g/mol. The fraction of sp³-hybridized carbons (Fsp3) is 0.0833. The molecule has 16 heavy (non-hydrogen) atoms. The number of pyridine rings is 1. The van der Waals surface area contributed by atoms with E-state index in [1.807, 2.05) is 24.3 Å². The Morgan fingerprint density at radius 2 is 1.94 bits per heavy atom. The van der Waals surface area contributed by atoms with E-state index >= 15 is 0 Å². The number of rotatable bonds is 1. The number of H-pyrrole nitrogens is 2. The number of hydrogen-bond donors (Lipinski definition) is 2. The summed E-state index contributed by atoms with van der Waals surface area (Å²) >= 11 is 0. The van der Waals surface area contributed by atoms with E-state index in [0.29, 0.717) is 5.75 Å². The number of methoxy groups -OCH3 is 1. The van der Waals surface area contributed by atoms with E-state index in [9.17, 15) is 4.79 Å². The summed E-state index contributed by atoms with van der Waals surface area (Å²) in [5, 5.41) is 2.04. The van der Waals surface area contributed by atoms with Crippen LogP contribution in [0.5, 0.6) is 5.75 Å². The van der Waals surface area contributed by atoms with E-state index in [-0.39, 0.29) is 5.56 Å². The molecule has 4 heteroatoms. The van der Waals surface area contributed by atoms with Crippen molar-refractivity contribution in [3.8, 4) is 5.75 Å². The molecule has 0 aliphatic rings. The van der Waals surface area contributed by atoms with Gasteiger partial charge in [0.15, 0.2) is 5.75 Å². The summed E-state index contributed by atoms with van der Waals surface area (Å²) in [5.74, 6) is 0.331. The second-order valence-corrected chi connectivity index (χ2v) is 3.63. The molecular formula is C12H10N2O2. The molecule has 0 amide bonds. The molecule has 0 aliphatic heterocycles. The summed E-state index contributed by atoms with van der Waals surface area (Å²) in [5.41, 5.74) is 1.51. The Bertz CT molecular complexity index is 725. The summed E-state index contributed by atoms with van der Waals surface area (Å²) < 4.78 is 5.01. The Morgan fingerprint density at radius 1 is 1.12 bits per heavy atom. The van der Waals surface area contributed by atoms with Gasteiger partial charge >= 0.3 is 0 Å². The molecular weight excluding hydrogens is 204 g/mol. The largest absolute Gasteiger partial charge is 0.491 e. The van der Waals surface area contributed by atoms with Crippen LogP contribution in [0.15, 0.2) is 35.1 Å². The normalized spacial score (nSPS) is 11.1. The van der Waals surface area contributed by atoms with Gasteiger partial charge < -0.3 is 14.7 Å². The second-order valence-electron chi connectivity index (χ2n) is 3.63. The molecule has 0 radical (unpaired) electrons. The molecule has 2 aromatic heterocycles. The highest BCUT2D eigenvalue weighted by Gasteiger charge is 2.07. The molecule has 1 aromatic carbocycles. The first-order valence-electron chi connectivity index (χ1n) is 4.97.